The average Bonchev–Trinajstić information content (AvgIpc) is 2.99. The van der Waals surface area contributed by atoms with Gasteiger partial charge in [0.15, 0.2) is 0 Å². The Bertz CT molecular complexity index is 718. The largest absolute Gasteiger partial charge is 0.383 e. The number of nitrogen functional groups attached to an aromatic ring is 1. The lowest BCUT2D eigenvalue weighted by Gasteiger charge is -2.03. The zero-order chi connectivity index (χ0) is 13.4. The van der Waals surface area contributed by atoms with Gasteiger partial charge >= 0.3 is 0 Å². The summed E-state index contributed by atoms with van der Waals surface area (Å²) >= 11 is 7.59. The molecule has 0 atom stereocenters. The highest BCUT2D eigenvalue weighted by atomic mass is 35.5. The fraction of sp³-hybridized carbons (Fsp3) is 0.0769. The van der Waals surface area contributed by atoms with Crippen LogP contribution in [0.5, 0.6) is 0 Å². The van der Waals surface area contributed by atoms with Gasteiger partial charge in [0.25, 0.3) is 0 Å². The highest BCUT2D eigenvalue weighted by molar-refractivity contribution is 7.13. The number of nitrogens with two attached hydrogens (primary N) is 1. The van der Waals surface area contributed by atoms with Crippen molar-refractivity contribution in [2.24, 2.45) is 7.05 Å². The lowest BCUT2D eigenvalue weighted by molar-refractivity contribution is 0.783. The van der Waals surface area contributed by atoms with Crippen LogP contribution in [0.1, 0.15) is 0 Å². The molecule has 2 heterocycles. The van der Waals surface area contributed by atoms with E-state index in [1.807, 2.05) is 31.3 Å². The van der Waals surface area contributed by atoms with Crippen LogP contribution in [0.15, 0.2) is 36.0 Å². The van der Waals surface area contributed by atoms with E-state index in [0.717, 1.165) is 21.7 Å². The number of rotatable bonds is 2. The van der Waals surface area contributed by atoms with Crippen LogP contribution in [-0.4, -0.2) is 14.8 Å². The zero-order valence-electron chi connectivity index (χ0n) is 10.2. The summed E-state index contributed by atoms with van der Waals surface area (Å²) < 4.78 is 1.67. The molecule has 0 bridgehead atoms. The van der Waals surface area contributed by atoms with Crippen molar-refractivity contribution in [1.82, 2.24) is 14.8 Å². The second-order valence-corrected chi connectivity index (χ2v) is 5.43. The molecule has 2 N–H and O–H groups in total. The minimum atomic E-state index is 0.616. The van der Waals surface area contributed by atoms with Gasteiger partial charge in [-0.1, -0.05) is 23.7 Å². The Balaban J connectivity index is 2.26. The molecule has 0 aliphatic carbocycles. The van der Waals surface area contributed by atoms with Gasteiger partial charge in [-0.05, 0) is 17.7 Å². The van der Waals surface area contributed by atoms with Crippen molar-refractivity contribution in [2.75, 3.05) is 5.73 Å². The summed E-state index contributed by atoms with van der Waals surface area (Å²) in [7, 11) is 1.83. The minimum absolute atomic E-state index is 0.616. The first kappa shape index (κ1) is 12.2. The van der Waals surface area contributed by atoms with Crippen LogP contribution in [-0.2, 0) is 7.05 Å². The molecule has 3 rings (SSSR count). The number of aryl methyl sites for hydroxylation is 1. The monoisotopic (exact) mass is 290 g/mol. The molecule has 3 aromatic rings. The van der Waals surface area contributed by atoms with Crippen LogP contribution in [0.25, 0.3) is 21.7 Å². The van der Waals surface area contributed by atoms with E-state index in [-0.39, 0.29) is 0 Å². The van der Waals surface area contributed by atoms with Gasteiger partial charge in [-0.3, -0.25) is 9.67 Å². The molecule has 0 spiro atoms. The summed E-state index contributed by atoms with van der Waals surface area (Å²) in [5.74, 6) is 0.616. The topological polar surface area (TPSA) is 56.7 Å². The third-order valence-electron chi connectivity index (χ3n) is 2.87. The Morgan fingerprint density at radius 3 is 2.89 bits per heavy atom. The number of thiazole rings is 1. The third kappa shape index (κ3) is 2.11. The molecule has 96 valence electrons. The first-order valence-corrected chi connectivity index (χ1v) is 6.90. The Morgan fingerprint density at radius 1 is 1.37 bits per heavy atom. The van der Waals surface area contributed by atoms with Gasteiger partial charge < -0.3 is 5.73 Å². The summed E-state index contributed by atoms with van der Waals surface area (Å²) in [6.45, 7) is 0. The number of halogens is 1. The molecule has 0 aliphatic heterocycles. The van der Waals surface area contributed by atoms with Crippen LogP contribution >= 0.6 is 22.9 Å². The first-order chi connectivity index (χ1) is 9.16. The maximum atomic E-state index is 6.13. The number of hydrogen-bond donors (Lipinski definition) is 1. The maximum Gasteiger partial charge on any atom is 0.129 e. The summed E-state index contributed by atoms with van der Waals surface area (Å²) in [6, 6.07) is 7.60. The quantitative estimate of drug-likeness (QED) is 0.786. The lowest BCUT2D eigenvalue weighted by Crippen LogP contribution is -1.97. The van der Waals surface area contributed by atoms with Crippen LogP contribution in [0.3, 0.4) is 0 Å². The SMILES string of the molecule is Cn1nc(-c2cncs2)c(-c2cccc(Cl)c2)c1N. The molecule has 0 saturated heterocycles. The van der Waals surface area contributed by atoms with Gasteiger partial charge in [0.05, 0.1) is 16.0 Å². The standard InChI is InChI=1S/C13H11ClN4S/c1-18-13(15)11(8-3-2-4-9(14)5-8)12(17-18)10-6-16-7-19-10/h2-7H,15H2,1H3. The number of aromatic nitrogens is 3. The van der Waals surface area contributed by atoms with Crippen molar-refractivity contribution in [2.45, 2.75) is 0 Å². The molecule has 1 aromatic carbocycles. The van der Waals surface area contributed by atoms with Crippen LogP contribution in [0.4, 0.5) is 5.82 Å². The average molecular weight is 291 g/mol. The number of anilines is 1. The van der Waals surface area contributed by atoms with Crippen molar-refractivity contribution >= 4 is 28.8 Å². The molecule has 0 fully saturated rings. The molecule has 0 aliphatic rings. The van der Waals surface area contributed by atoms with Crippen LogP contribution in [0.2, 0.25) is 5.02 Å². The number of hydrogen-bond acceptors (Lipinski definition) is 4. The highest BCUT2D eigenvalue weighted by Crippen LogP contribution is 2.37. The Hall–Kier alpha value is -1.85. The third-order valence-corrected chi connectivity index (χ3v) is 3.89. The Kier molecular flexibility index (Phi) is 3.00. The van der Waals surface area contributed by atoms with E-state index in [4.69, 9.17) is 17.3 Å². The number of nitrogens with zero attached hydrogens (tertiary/aromatic N) is 3. The van der Waals surface area contributed by atoms with Crippen molar-refractivity contribution in [3.8, 4) is 21.7 Å². The van der Waals surface area contributed by atoms with E-state index in [9.17, 15) is 0 Å². The molecule has 2 aromatic heterocycles. The molecular formula is C13H11ClN4S. The highest BCUT2D eigenvalue weighted by Gasteiger charge is 2.18. The summed E-state index contributed by atoms with van der Waals surface area (Å²) in [6.07, 6.45) is 1.79. The van der Waals surface area contributed by atoms with Gasteiger partial charge in [-0.25, -0.2) is 0 Å². The van der Waals surface area contributed by atoms with Crippen molar-refractivity contribution in [1.29, 1.82) is 0 Å². The normalized spacial score (nSPS) is 10.8. The molecule has 19 heavy (non-hydrogen) atoms. The van der Waals surface area contributed by atoms with Crippen LogP contribution < -0.4 is 5.73 Å². The smallest absolute Gasteiger partial charge is 0.129 e. The zero-order valence-corrected chi connectivity index (χ0v) is 11.7. The van der Waals surface area contributed by atoms with Crippen molar-refractivity contribution in [3.63, 3.8) is 0 Å². The van der Waals surface area contributed by atoms with Gasteiger partial charge in [0.2, 0.25) is 0 Å². The molecule has 0 radical (unpaired) electrons. The number of benzene rings is 1. The van der Waals surface area contributed by atoms with E-state index < -0.39 is 0 Å². The van der Waals surface area contributed by atoms with E-state index in [2.05, 4.69) is 10.1 Å². The van der Waals surface area contributed by atoms with Gasteiger partial charge in [-0.2, -0.15) is 5.10 Å². The molecule has 6 heteroatoms. The van der Waals surface area contributed by atoms with E-state index in [1.54, 1.807) is 16.4 Å². The fourth-order valence-corrected chi connectivity index (χ4v) is 2.77. The Labute approximate surface area is 119 Å². The summed E-state index contributed by atoms with van der Waals surface area (Å²) in [5, 5.41) is 5.15. The molecule has 0 amide bonds. The minimum Gasteiger partial charge on any atom is -0.383 e. The van der Waals surface area contributed by atoms with Crippen LogP contribution in [0, 0.1) is 0 Å². The molecule has 4 nitrogen and oxygen atoms in total. The van der Waals surface area contributed by atoms with E-state index in [1.165, 1.54) is 11.3 Å². The van der Waals surface area contributed by atoms with Gasteiger partial charge in [0.1, 0.15) is 11.5 Å². The molecule has 0 unspecified atom stereocenters. The Morgan fingerprint density at radius 2 is 2.21 bits per heavy atom. The van der Waals surface area contributed by atoms with Gasteiger partial charge in [-0.15, -0.1) is 11.3 Å². The second kappa shape index (κ2) is 4.68. The predicted molar refractivity (Wildman–Crippen MR) is 79.2 cm³/mol. The van der Waals surface area contributed by atoms with Gasteiger partial charge in [0, 0.05) is 18.3 Å². The van der Waals surface area contributed by atoms with Crippen molar-refractivity contribution < 1.29 is 0 Å². The summed E-state index contributed by atoms with van der Waals surface area (Å²) in [5.41, 5.74) is 10.6. The van der Waals surface area contributed by atoms with Crippen molar-refractivity contribution in [3.05, 3.63) is 41.0 Å². The lowest BCUT2D eigenvalue weighted by atomic mass is 10.1. The fourth-order valence-electron chi connectivity index (χ4n) is 1.97. The van der Waals surface area contributed by atoms with E-state index in [0.29, 0.717) is 10.8 Å². The molecular weight excluding hydrogens is 280 g/mol. The second-order valence-electron chi connectivity index (χ2n) is 4.11. The maximum absolute atomic E-state index is 6.13. The van der Waals surface area contributed by atoms with E-state index >= 15 is 0 Å². The summed E-state index contributed by atoms with van der Waals surface area (Å²) in [4.78, 5) is 5.08. The first-order valence-electron chi connectivity index (χ1n) is 5.64. The molecule has 0 saturated carbocycles. The predicted octanol–water partition coefficient (Wildman–Crippen LogP) is 3.45.